The Bertz CT molecular complexity index is 778. The molecule has 0 saturated heterocycles. The molecule has 3 rings (SSSR count). The van der Waals surface area contributed by atoms with Crippen LogP contribution in [0.25, 0.3) is 0 Å². The monoisotopic (exact) mass is 348 g/mol. The van der Waals surface area contributed by atoms with E-state index in [4.69, 9.17) is 15.2 Å². The molecule has 0 saturated carbocycles. The number of amides is 1. The quantitative estimate of drug-likeness (QED) is 0.921. The number of carbonyl (C=O) groups is 1. The van der Waals surface area contributed by atoms with Crippen molar-refractivity contribution in [1.82, 2.24) is 0 Å². The lowest BCUT2D eigenvalue weighted by Crippen LogP contribution is -2.43. The first-order valence-electron chi connectivity index (χ1n) is 7.82. The number of fused-ring (bicyclic) bond motifs is 1. The van der Waals surface area contributed by atoms with Crippen molar-refractivity contribution in [3.8, 4) is 11.5 Å². The second kappa shape index (κ2) is 7.06. The molecule has 2 N–H and O–H groups in total. The minimum absolute atomic E-state index is 0.0302. The van der Waals surface area contributed by atoms with Gasteiger partial charge in [0.15, 0.2) is 11.5 Å². The molecule has 5 nitrogen and oxygen atoms in total. The molecule has 25 heavy (non-hydrogen) atoms. The van der Waals surface area contributed by atoms with Crippen LogP contribution in [0.4, 0.5) is 14.5 Å². The predicted molar refractivity (Wildman–Crippen MR) is 88.9 cm³/mol. The highest BCUT2D eigenvalue weighted by Crippen LogP contribution is 2.33. The molecular formula is C18H18F2N2O3. The van der Waals surface area contributed by atoms with Gasteiger partial charge >= 0.3 is 0 Å². The van der Waals surface area contributed by atoms with Crippen molar-refractivity contribution < 1.29 is 23.0 Å². The second-order valence-electron chi connectivity index (χ2n) is 5.81. The fraction of sp³-hybridized carbons (Fsp3) is 0.278. The van der Waals surface area contributed by atoms with Crippen molar-refractivity contribution in [1.29, 1.82) is 0 Å². The zero-order chi connectivity index (χ0) is 18.0. The van der Waals surface area contributed by atoms with Crippen LogP contribution >= 0.6 is 0 Å². The first kappa shape index (κ1) is 17.2. The maximum atomic E-state index is 13.3. The number of rotatable bonds is 4. The second-order valence-corrected chi connectivity index (χ2v) is 5.81. The number of nitrogens with two attached hydrogens (primary N) is 1. The maximum Gasteiger partial charge on any atom is 0.243 e. The molecule has 2 aromatic carbocycles. The van der Waals surface area contributed by atoms with Gasteiger partial charge in [-0.1, -0.05) is 0 Å². The molecule has 0 spiro atoms. The summed E-state index contributed by atoms with van der Waals surface area (Å²) in [4.78, 5) is 13.9. The van der Waals surface area contributed by atoms with Crippen LogP contribution in [-0.2, 0) is 11.2 Å². The molecular weight excluding hydrogens is 330 g/mol. The summed E-state index contributed by atoms with van der Waals surface area (Å²) in [6.07, 6.45) is 0.0302. The number of ether oxygens (including phenoxy) is 2. The summed E-state index contributed by atoms with van der Waals surface area (Å²) in [6.45, 7) is 0.926. The van der Waals surface area contributed by atoms with Gasteiger partial charge in [-0.25, -0.2) is 8.78 Å². The standard InChI is InChI=1S/C18H18F2N2O3/c1-22(14-2-3-16-17(10-14)25-5-4-24-16)18(23)15(21)8-11-6-12(19)9-13(20)7-11/h2-3,6-7,9-10,15H,4-5,8,21H2,1H3/t15-/m0/s1. The van der Waals surface area contributed by atoms with E-state index in [-0.39, 0.29) is 12.3 Å². The van der Waals surface area contributed by atoms with E-state index >= 15 is 0 Å². The number of carbonyl (C=O) groups excluding carboxylic acids is 1. The van der Waals surface area contributed by atoms with Crippen molar-refractivity contribution in [2.75, 3.05) is 25.2 Å². The highest BCUT2D eigenvalue weighted by atomic mass is 19.1. The summed E-state index contributed by atoms with van der Waals surface area (Å²) in [5.74, 6) is -0.592. The van der Waals surface area contributed by atoms with Gasteiger partial charge in [-0.3, -0.25) is 4.79 Å². The Morgan fingerprint density at radius 1 is 1.12 bits per heavy atom. The summed E-state index contributed by atoms with van der Waals surface area (Å²) >= 11 is 0. The number of likely N-dealkylation sites (N-methyl/N-ethyl adjacent to an activating group) is 1. The molecule has 0 unspecified atom stereocenters. The predicted octanol–water partition coefficient (Wildman–Crippen LogP) is 2.27. The molecule has 1 amide bonds. The topological polar surface area (TPSA) is 64.8 Å². The van der Waals surface area contributed by atoms with E-state index in [2.05, 4.69) is 0 Å². The van der Waals surface area contributed by atoms with Gasteiger partial charge < -0.3 is 20.1 Å². The molecule has 0 fully saturated rings. The van der Waals surface area contributed by atoms with Gasteiger partial charge in [-0.05, 0) is 36.2 Å². The van der Waals surface area contributed by atoms with Crippen molar-refractivity contribution in [2.45, 2.75) is 12.5 Å². The fourth-order valence-electron chi connectivity index (χ4n) is 2.69. The number of nitrogens with zero attached hydrogens (tertiary/aromatic N) is 1. The number of hydrogen-bond donors (Lipinski definition) is 1. The van der Waals surface area contributed by atoms with Crippen LogP contribution in [0.15, 0.2) is 36.4 Å². The van der Waals surface area contributed by atoms with Gasteiger partial charge in [-0.2, -0.15) is 0 Å². The average Bonchev–Trinajstić information content (AvgIpc) is 2.59. The lowest BCUT2D eigenvalue weighted by Gasteiger charge is -2.24. The Kier molecular flexibility index (Phi) is 4.85. The largest absolute Gasteiger partial charge is 0.486 e. The third-order valence-corrected chi connectivity index (χ3v) is 3.94. The highest BCUT2D eigenvalue weighted by Gasteiger charge is 2.22. The molecule has 0 aromatic heterocycles. The van der Waals surface area contributed by atoms with E-state index in [1.807, 2.05) is 0 Å². The molecule has 2 aromatic rings. The first-order valence-corrected chi connectivity index (χ1v) is 7.82. The van der Waals surface area contributed by atoms with E-state index in [9.17, 15) is 13.6 Å². The lowest BCUT2D eigenvalue weighted by molar-refractivity contribution is -0.119. The Morgan fingerprint density at radius 3 is 2.44 bits per heavy atom. The van der Waals surface area contributed by atoms with Gasteiger partial charge in [0.1, 0.15) is 24.8 Å². The minimum atomic E-state index is -0.931. The SMILES string of the molecule is CN(C(=O)[C@@H](N)Cc1cc(F)cc(F)c1)c1ccc2c(c1)OCCO2. The molecule has 1 aliphatic rings. The summed E-state index contributed by atoms with van der Waals surface area (Å²) in [7, 11) is 1.58. The van der Waals surface area contributed by atoms with Crippen molar-refractivity contribution in [2.24, 2.45) is 5.73 Å². The summed E-state index contributed by atoms with van der Waals surface area (Å²) in [5, 5.41) is 0. The third kappa shape index (κ3) is 3.88. The summed E-state index contributed by atoms with van der Waals surface area (Å²) < 4.78 is 37.5. The maximum absolute atomic E-state index is 13.3. The zero-order valence-corrected chi connectivity index (χ0v) is 13.7. The first-order chi connectivity index (χ1) is 11.9. The van der Waals surface area contributed by atoms with E-state index in [1.54, 1.807) is 25.2 Å². The molecule has 132 valence electrons. The van der Waals surface area contributed by atoms with Gasteiger partial charge in [0, 0.05) is 24.9 Å². The molecule has 0 radical (unpaired) electrons. The van der Waals surface area contributed by atoms with Crippen LogP contribution in [0.3, 0.4) is 0 Å². The molecule has 1 heterocycles. The number of anilines is 1. The van der Waals surface area contributed by atoms with E-state index in [0.717, 1.165) is 6.07 Å². The zero-order valence-electron chi connectivity index (χ0n) is 13.7. The van der Waals surface area contributed by atoms with Crippen molar-refractivity contribution in [3.63, 3.8) is 0 Å². The Morgan fingerprint density at radius 2 is 1.76 bits per heavy atom. The smallest absolute Gasteiger partial charge is 0.243 e. The molecule has 0 bridgehead atoms. The van der Waals surface area contributed by atoms with E-state index < -0.39 is 17.7 Å². The molecule has 1 aliphatic heterocycles. The minimum Gasteiger partial charge on any atom is -0.486 e. The molecule has 7 heteroatoms. The van der Waals surface area contributed by atoms with Gasteiger partial charge in [0.05, 0.1) is 6.04 Å². The van der Waals surface area contributed by atoms with E-state index in [0.29, 0.717) is 36.0 Å². The van der Waals surface area contributed by atoms with Crippen molar-refractivity contribution in [3.05, 3.63) is 53.6 Å². The van der Waals surface area contributed by atoms with Crippen LogP contribution < -0.4 is 20.1 Å². The number of benzene rings is 2. The average molecular weight is 348 g/mol. The van der Waals surface area contributed by atoms with Crippen LogP contribution in [0.2, 0.25) is 0 Å². The number of hydrogen-bond acceptors (Lipinski definition) is 4. The van der Waals surface area contributed by atoms with Crippen LogP contribution in [-0.4, -0.2) is 32.2 Å². The summed E-state index contributed by atoms with van der Waals surface area (Å²) in [5.41, 5.74) is 6.85. The van der Waals surface area contributed by atoms with Gasteiger partial charge in [-0.15, -0.1) is 0 Å². The van der Waals surface area contributed by atoms with Crippen molar-refractivity contribution >= 4 is 11.6 Å². The fourth-order valence-corrected chi connectivity index (χ4v) is 2.69. The Labute approximate surface area is 143 Å². The third-order valence-electron chi connectivity index (χ3n) is 3.94. The normalized spacial score (nSPS) is 14.1. The van der Waals surface area contributed by atoms with Crippen LogP contribution in [0.5, 0.6) is 11.5 Å². The summed E-state index contributed by atoms with van der Waals surface area (Å²) in [6, 6.07) is 7.32. The number of halogens is 2. The molecule has 0 aliphatic carbocycles. The Hall–Kier alpha value is -2.67. The van der Waals surface area contributed by atoms with Crippen LogP contribution in [0, 0.1) is 11.6 Å². The van der Waals surface area contributed by atoms with Gasteiger partial charge in [0.25, 0.3) is 0 Å². The van der Waals surface area contributed by atoms with E-state index in [1.165, 1.54) is 17.0 Å². The van der Waals surface area contributed by atoms with Crippen LogP contribution in [0.1, 0.15) is 5.56 Å². The lowest BCUT2D eigenvalue weighted by atomic mass is 10.0. The Balaban J connectivity index is 1.73. The molecule has 1 atom stereocenters. The highest BCUT2D eigenvalue weighted by molar-refractivity contribution is 5.97. The van der Waals surface area contributed by atoms with Gasteiger partial charge in [0.2, 0.25) is 5.91 Å².